The second kappa shape index (κ2) is 6.71. The highest BCUT2D eigenvalue weighted by atomic mass is 19.4. The van der Waals surface area contributed by atoms with E-state index in [2.05, 4.69) is 10.2 Å². The van der Waals surface area contributed by atoms with E-state index in [0.717, 1.165) is 0 Å². The lowest BCUT2D eigenvalue weighted by molar-refractivity contribution is -0.157. The maximum absolute atomic E-state index is 12.2. The summed E-state index contributed by atoms with van der Waals surface area (Å²) in [6.45, 7) is -1.20. The molecule has 0 aromatic rings. The van der Waals surface area contributed by atoms with Gasteiger partial charge in [-0.2, -0.15) is 13.2 Å². The SMILES string of the molecule is COCCONC(=O)C1CC(=O)N(CC(F)(F)F)C1. The summed E-state index contributed by atoms with van der Waals surface area (Å²) in [5.74, 6) is -2.11. The molecule has 1 aliphatic rings. The Labute approximate surface area is 107 Å². The van der Waals surface area contributed by atoms with E-state index in [0.29, 0.717) is 4.90 Å². The van der Waals surface area contributed by atoms with Crippen molar-refractivity contribution in [1.29, 1.82) is 0 Å². The molecule has 110 valence electrons. The van der Waals surface area contributed by atoms with Gasteiger partial charge in [-0.05, 0) is 0 Å². The summed E-state index contributed by atoms with van der Waals surface area (Å²) in [6, 6.07) is 0. The van der Waals surface area contributed by atoms with Crippen molar-refractivity contribution in [1.82, 2.24) is 10.4 Å². The second-order valence-electron chi connectivity index (χ2n) is 4.10. The molecule has 1 N–H and O–H groups in total. The van der Waals surface area contributed by atoms with Crippen molar-refractivity contribution in [3.05, 3.63) is 0 Å². The number of alkyl halides is 3. The van der Waals surface area contributed by atoms with E-state index in [-0.39, 0.29) is 26.2 Å². The molecule has 6 nitrogen and oxygen atoms in total. The third-order valence-corrected chi connectivity index (χ3v) is 2.52. The number of hydroxylamine groups is 1. The van der Waals surface area contributed by atoms with Crippen molar-refractivity contribution in [2.45, 2.75) is 12.6 Å². The van der Waals surface area contributed by atoms with Crippen LogP contribution in [0.25, 0.3) is 0 Å². The number of carbonyl (C=O) groups is 2. The molecule has 1 saturated heterocycles. The lowest BCUT2D eigenvalue weighted by Crippen LogP contribution is -2.37. The number of nitrogens with one attached hydrogen (secondary N) is 1. The Hall–Kier alpha value is -1.35. The fourth-order valence-corrected chi connectivity index (χ4v) is 1.65. The maximum Gasteiger partial charge on any atom is 0.406 e. The first kappa shape index (κ1) is 15.7. The third-order valence-electron chi connectivity index (χ3n) is 2.52. The molecule has 19 heavy (non-hydrogen) atoms. The number of methoxy groups -OCH3 is 1. The minimum atomic E-state index is -4.46. The van der Waals surface area contributed by atoms with Crippen LogP contribution in [0.15, 0.2) is 0 Å². The molecule has 1 unspecified atom stereocenters. The van der Waals surface area contributed by atoms with Crippen LogP contribution in [0.2, 0.25) is 0 Å². The van der Waals surface area contributed by atoms with Crippen LogP contribution in [-0.2, 0) is 19.2 Å². The molecule has 0 aromatic carbocycles. The van der Waals surface area contributed by atoms with Crippen LogP contribution in [0.4, 0.5) is 13.2 Å². The Morgan fingerprint density at radius 2 is 2.16 bits per heavy atom. The minimum Gasteiger partial charge on any atom is -0.382 e. The normalized spacial score (nSPS) is 19.9. The number of amides is 2. The molecule has 0 radical (unpaired) electrons. The van der Waals surface area contributed by atoms with Gasteiger partial charge in [0.2, 0.25) is 11.8 Å². The van der Waals surface area contributed by atoms with Crippen LogP contribution in [0.1, 0.15) is 6.42 Å². The van der Waals surface area contributed by atoms with Crippen molar-refractivity contribution in [2.75, 3.05) is 33.4 Å². The number of hydrogen-bond donors (Lipinski definition) is 1. The first-order valence-corrected chi connectivity index (χ1v) is 5.58. The van der Waals surface area contributed by atoms with Crippen LogP contribution in [0, 0.1) is 5.92 Å². The van der Waals surface area contributed by atoms with E-state index in [1.54, 1.807) is 0 Å². The topological polar surface area (TPSA) is 67.9 Å². The highest BCUT2D eigenvalue weighted by Gasteiger charge is 2.40. The van der Waals surface area contributed by atoms with Gasteiger partial charge >= 0.3 is 6.18 Å². The van der Waals surface area contributed by atoms with Crippen LogP contribution in [0.3, 0.4) is 0 Å². The van der Waals surface area contributed by atoms with E-state index in [1.165, 1.54) is 7.11 Å². The van der Waals surface area contributed by atoms with Crippen LogP contribution >= 0.6 is 0 Å². The fraction of sp³-hybridized carbons (Fsp3) is 0.800. The molecular weight excluding hydrogens is 269 g/mol. The lowest BCUT2D eigenvalue weighted by Gasteiger charge is -2.18. The Bertz CT molecular complexity index is 335. The number of hydrogen-bond acceptors (Lipinski definition) is 4. The van der Waals surface area contributed by atoms with E-state index >= 15 is 0 Å². The van der Waals surface area contributed by atoms with E-state index in [9.17, 15) is 22.8 Å². The predicted molar refractivity (Wildman–Crippen MR) is 56.7 cm³/mol. The largest absolute Gasteiger partial charge is 0.406 e. The average Bonchev–Trinajstić information content (AvgIpc) is 2.64. The molecule has 0 aromatic heterocycles. The quantitative estimate of drug-likeness (QED) is 0.554. The molecule has 1 fully saturated rings. The van der Waals surface area contributed by atoms with Crippen molar-refractivity contribution in [2.24, 2.45) is 5.92 Å². The molecule has 1 aliphatic heterocycles. The van der Waals surface area contributed by atoms with Gasteiger partial charge in [0.25, 0.3) is 0 Å². The van der Waals surface area contributed by atoms with Crippen molar-refractivity contribution in [3.63, 3.8) is 0 Å². The summed E-state index contributed by atoms with van der Waals surface area (Å²) in [6.07, 6.45) is -4.70. The molecule has 0 aliphatic carbocycles. The molecule has 2 amide bonds. The van der Waals surface area contributed by atoms with Crippen LogP contribution < -0.4 is 5.48 Å². The third kappa shape index (κ3) is 5.43. The zero-order chi connectivity index (χ0) is 14.5. The molecule has 1 rings (SSSR count). The van der Waals surface area contributed by atoms with Gasteiger partial charge in [-0.25, -0.2) is 5.48 Å². The molecule has 9 heteroatoms. The smallest absolute Gasteiger partial charge is 0.382 e. The number of carbonyl (C=O) groups excluding carboxylic acids is 2. The molecule has 0 saturated carbocycles. The first-order valence-electron chi connectivity index (χ1n) is 5.58. The number of rotatable bonds is 6. The van der Waals surface area contributed by atoms with Crippen LogP contribution in [-0.4, -0.2) is 56.3 Å². The van der Waals surface area contributed by atoms with Gasteiger partial charge < -0.3 is 9.64 Å². The molecular formula is C10H15F3N2O4. The lowest BCUT2D eigenvalue weighted by atomic mass is 10.1. The monoisotopic (exact) mass is 284 g/mol. The van der Waals surface area contributed by atoms with Gasteiger partial charge in [-0.1, -0.05) is 0 Å². The summed E-state index contributed by atoms with van der Waals surface area (Å²) in [5.41, 5.74) is 2.08. The standard InChI is InChI=1S/C10H15F3N2O4/c1-18-2-3-19-14-9(17)7-4-8(16)15(5-7)6-10(11,12)13/h7H,2-6H2,1H3,(H,14,17). The first-order chi connectivity index (χ1) is 8.83. The summed E-state index contributed by atoms with van der Waals surface area (Å²) >= 11 is 0. The van der Waals surface area contributed by atoms with Gasteiger partial charge in [0.15, 0.2) is 0 Å². The summed E-state index contributed by atoms with van der Waals surface area (Å²) < 4.78 is 41.2. The Morgan fingerprint density at radius 3 is 2.74 bits per heavy atom. The zero-order valence-corrected chi connectivity index (χ0v) is 10.3. The highest BCUT2D eigenvalue weighted by molar-refractivity contribution is 5.88. The fourth-order valence-electron chi connectivity index (χ4n) is 1.65. The van der Waals surface area contributed by atoms with Crippen molar-refractivity contribution < 1.29 is 32.3 Å². The van der Waals surface area contributed by atoms with Crippen LogP contribution in [0.5, 0.6) is 0 Å². The van der Waals surface area contributed by atoms with Gasteiger partial charge in [-0.15, -0.1) is 0 Å². The number of likely N-dealkylation sites (tertiary alicyclic amines) is 1. The maximum atomic E-state index is 12.2. The predicted octanol–water partition coefficient (Wildman–Crippen LogP) is 0.0914. The average molecular weight is 284 g/mol. The number of ether oxygens (including phenoxy) is 1. The molecule has 0 bridgehead atoms. The van der Waals surface area contributed by atoms with Gasteiger partial charge in [0.05, 0.1) is 19.1 Å². The minimum absolute atomic E-state index is 0.120. The highest BCUT2D eigenvalue weighted by Crippen LogP contribution is 2.23. The Kier molecular flexibility index (Phi) is 5.55. The Morgan fingerprint density at radius 1 is 1.47 bits per heavy atom. The van der Waals surface area contributed by atoms with Crippen molar-refractivity contribution >= 4 is 11.8 Å². The van der Waals surface area contributed by atoms with Gasteiger partial charge in [0.1, 0.15) is 6.54 Å². The van der Waals surface area contributed by atoms with Crippen molar-refractivity contribution in [3.8, 4) is 0 Å². The number of nitrogens with zero attached hydrogens (tertiary/aromatic N) is 1. The van der Waals surface area contributed by atoms with Gasteiger partial charge in [0, 0.05) is 20.1 Å². The summed E-state index contributed by atoms with van der Waals surface area (Å²) in [7, 11) is 1.45. The van der Waals surface area contributed by atoms with E-state index < -0.39 is 30.5 Å². The van der Waals surface area contributed by atoms with E-state index in [1.807, 2.05) is 0 Å². The zero-order valence-electron chi connectivity index (χ0n) is 10.3. The van der Waals surface area contributed by atoms with E-state index in [4.69, 9.17) is 4.84 Å². The molecule has 1 atom stereocenters. The summed E-state index contributed by atoms with van der Waals surface area (Å²) in [5, 5.41) is 0. The molecule has 0 spiro atoms. The molecule has 1 heterocycles. The second-order valence-corrected chi connectivity index (χ2v) is 4.10. The Balaban J connectivity index is 2.37. The van der Waals surface area contributed by atoms with Gasteiger partial charge in [-0.3, -0.25) is 14.4 Å². The summed E-state index contributed by atoms with van der Waals surface area (Å²) in [4.78, 5) is 28.2. The number of halogens is 3.